The Balaban J connectivity index is 2.02. The fourth-order valence-corrected chi connectivity index (χ4v) is 2.46. The smallest absolute Gasteiger partial charge is 0.252 e. The summed E-state index contributed by atoms with van der Waals surface area (Å²) in [6.07, 6.45) is 2.35. The van der Waals surface area contributed by atoms with Crippen LogP contribution in [-0.2, 0) is 0 Å². The number of nitrogens with two attached hydrogens (primary N) is 2. The summed E-state index contributed by atoms with van der Waals surface area (Å²) >= 11 is 0. The zero-order chi connectivity index (χ0) is 14.1. The third-order valence-electron chi connectivity index (χ3n) is 3.76. The average Bonchev–Trinajstić information content (AvgIpc) is 3.28. The summed E-state index contributed by atoms with van der Waals surface area (Å²) in [6, 6.07) is 9.61. The zero-order valence-corrected chi connectivity index (χ0v) is 11.2. The molecule has 2 aromatic rings. The number of primary amides is 1. The molecule has 5 heteroatoms. The molecule has 0 aliphatic heterocycles. The van der Waals surface area contributed by atoms with Gasteiger partial charge in [0.25, 0.3) is 5.91 Å². The molecule has 20 heavy (non-hydrogen) atoms. The quantitative estimate of drug-likeness (QED) is 0.767. The number of fused-ring (bicyclic) bond motifs is 1. The topological polar surface area (TPSA) is 94.0 Å². The largest absolute Gasteiger partial charge is 0.365 e. The Morgan fingerprint density at radius 1 is 1.40 bits per heavy atom. The van der Waals surface area contributed by atoms with Crippen molar-refractivity contribution in [3.05, 3.63) is 35.9 Å². The van der Waals surface area contributed by atoms with E-state index in [0.717, 1.165) is 10.9 Å². The minimum absolute atomic E-state index is 0.154. The first-order valence-electron chi connectivity index (χ1n) is 6.85. The van der Waals surface area contributed by atoms with Crippen molar-refractivity contribution in [3.8, 4) is 0 Å². The molecular weight excluding hydrogens is 252 g/mol. The van der Waals surface area contributed by atoms with Gasteiger partial charge in [0.2, 0.25) is 0 Å². The van der Waals surface area contributed by atoms with Crippen LogP contribution in [0.4, 0.5) is 5.82 Å². The highest BCUT2D eigenvalue weighted by Gasteiger charge is 2.31. The van der Waals surface area contributed by atoms with Crippen LogP contribution in [0.25, 0.3) is 10.9 Å². The van der Waals surface area contributed by atoms with E-state index < -0.39 is 5.91 Å². The summed E-state index contributed by atoms with van der Waals surface area (Å²) in [5.41, 5.74) is 12.5. The number of pyridine rings is 1. The first-order chi connectivity index (χ1) is 9.69. The molecule has 5 nitrogen and oxygen atoms in total. The van der Waals surface area contributed by atoms with Gasteiger partial charge in [0.15, 0.2) is 0 Å². The number of aromatic nitrogens is 1. The molecule has 1 aliphatic rings. The van der Waals surface area contributed by atoms with E-state index in [0.29, 0.717) is 23.8 Å². The van der Waals surface area contributed by atoms with Crippen molar-refractivity contribution in [2.24, 2.45) is 17.4 Å². The number of anilines is 1. The number of carbonyl (C=O) groups excluding carboxylic acids is 1. The number of para-hydroxylation sites is 1. The van der Waals surface area contributed by atoms with Crippen LogP contribution in [0.2, 0.25) is 0 Å². The fraction of sp³-hybridized carbons (Fsp3) is 0.333. The van der Waals surface area contributed by atoms with Gasteiger partial charge in [-0.2, -0.15) is 0 Å². The van der Waals surface area contributed by atoms with Crippen LogP contribution in [0.3, 0.4) is 0 Å². The van der Waals surface area contributed by atoms with Crippen molar-refractivity contribution in [2.45, 2.75) is 18.9 Å². The summed E-state index contributed by atoms with van der Waals surface area (Å²) in [7, 11) is 0. The van der Waals surface area contributed by atoms with E-state index in [1.807, 2.05) is 24.3 Å². The minimum Gasteiger partial charge on any atom is -0.365 e. The van der Waals surface area contributed by atoms with Crippen LogP contribution >= 0.6 is 0 Å². The van der Waals surface area contributed by atoms with Gasteiger partial charge in [-0.1, -0.05) is 18.2 Å². The summed E-state index contributed by atoms with van der Waals surface area (Å²) in [5, 5.41) is 4.20. The number of benzene rings is 1. The summed E-state index contributed by atoms with van der Waals surface area (Å²) in [5.74, 6) is 0.643. The second-order valence-electron chi connectivity index (χ2n) is 5.27. The van der Waals surface area contributed by atoms with E-state index in [4.69, 9.17) is 11.5 Å². The number of carbonyl (C=O) groups is 1. The maximum Gasteiger partial charge on any atom is 0.252 e. The molecule has 1 aromatic carbocycles. The lowest BCUT2D eigenvalue weighted by molar-refractivity contribution is 0.100. The first kappa shape index (κ1) is 12.9. The van der Waals surface area contributed by atoms with Crippen LogP contribution in [0, 0.1) is 5.92 Å². The predicted octanol–water partition coefficient (Wildman–Crippen LogP) is 1.48. The molecule has 1 aliphatic carbocycles. The lowest BCUT2D eigenvalue weighted by Crippen LogP contribution is -2.32. The van der Waals surface area contributed by atoms with Gasteiger partial charge in [-0.3, -0.25) is 4.79 Å². The Hall–Kier alpha value is -2.14. The van der Waals surface area contributed by atoms with Gasteiger partial charge in [-0.05, 0) is 30.9 Å². The number of rotatable bonds is 5. The van der Waals surface area contributed by atoms with Crippen LogP contribution in [-0.4, -0.2) is 23.5 Å². The second kappa shape index (κ2) is 5.09. The second-order valence-corrected chi connectivity index (χ2v) is 5.27. The van der Waals surface area contributed by atoms with Crippen LogP contribution in [0.5, 0.6) is 0 Å². The molecular formula is C15H18N4O. The fourth-order valence-electron chi connectivity index (χ4n) is 2.46. The molecule has 1 aromatic heterocycles. The minimum atomic E-state index is -0.475. The number of hydrogen-bond donors (Lipinski definition) is 3. The summed E-state index contributed by atoms with van der Waals surface area (Å²) < 4.78 is 0. The Bertz CT molecular complexity index is 651. The standard InChI is InChI=1S/C15H18N4O/c16-8-13(9-5-6-9)19-15-11(14(17)20)7-10-3-1-2-4-12(10)18-15/h1-4,7,9,13H,5-6,8,16H2,(H2,17,20)(H,18,19). The molecule has 1 amide bonds. The van der Waals surface area contributed by atoms with Gasteiger partial charge in [-0.25, -0.2) is 4.98 Å². The zero-order valence-electron chi connectivity index (χ0n) is 11.2. The van der Waals surface area contributed by atoms with Crippen LogP contribution in [0.1, 0.15) is 23.2 Å². The normalized spacial score (nSPS) is 16.1. The lowest BCUT2D eigenvalue weighted by atomic mass is 10.1. The molecule has 5 N–H and O–H groups in total. The summed E-state index contributed by atoms with van der Waals surface area (Å²) in [4.78, 5) is 16.2. The van der Waals surface area contributed by atoms with Crippen molar-refractivity contribution in [1.29, 1.82) is 0 Å². The molecule has 3 rings (SSSR count). The third kappa shape index (κ3) is 2.44. The molecule has 0 bridgehead atoms. The highest BCUT2D eigenvalue weighted by molar-refractivity contribution is 6.01. The van der Waals surface area contributed by atoms with Crippen LogP contribution in [0.15, 0.2) is 30.3 Å². The van der Waals surface area contributed by atoms with Gasteiger partial charge in [0.1, 0.15) is 5.82 Å². The Kier molecular flexibility index (Phi) is 3.28. The van der Waals surface area contributed by atoms with E-state index in [1.54, 1.807) is 6.07 Å². The molecule has 1 saturated carbocycles. The molecule has 1 atom stereocenters. The lowest BCUT2D eigenvalue weighted by Gasteiger charge is -2.18. The van der Waals surface area contributed by atoms with E-state index in [2.05, 4.69) is 10.3 Å². The Morgan fingerprint density at radius 3 is 2.80 bits per heavy atom. The average molecular weight is 270 g/mol. The molecule has 1 unspecified atom stereocenters. The molecule has 1 fully saturated rings. The van der Waals surface area contributed by atoms with E-state index >= 15 is 0 Å². The Morgan fingerprint density at radius 2 is 2.15 bits per heavy atom. The highest BCUT2D eigenvalue weighted by Crippen LogP contribution is 2.34. The molecule has 1 heterocycles. The Labute approximate surface area is 117 Å². The predicted molar refractivity (Wildman–Crippen MR) is 79.5 cm³/mol. The van der Waals surface area contributed by atoms with Gasteiger partial charge in [-0.15, -0.1) is 0 Å². The van der Waals surface area contributed by atoms with E-state index in [9.17, 15) is 4.79 Å². The molecule has 0 spiro atoms. The first-order valence-corrected chi connectivity index (χ1v) is 6.85. The van der Waals surface area contributed by atoms with Gasteiger partial charge in [0.05, 0.1) is 11.1 Å². The third-order valence-corrected chi connectivity index (χ3v) is 3.76. The van der Waals surface area contributed by atoms with Crippen molar-refractivity contribution in [2.75, 3.05) is 11.9 Å². The van der Waals surface area contributed by atoms with Crippen molar-refractivity contribution < 1.29 is 4.79 Å². The van der Waals surface area contributed by atoms with Crippen molar-refractivity contribution in [3.63, 3.8) is 0 Å². The van der Waals surface area contributed by atoms with E-state index in [-0.39, 0.29) is 6.04 Å². The maximum atomic E-state index is 11.6. The number of nitrogens with one attached hydrogen (secondary N) is 1. The van der Waals surface area contributed by atoms with Gasteiger partial charge in [0, 0.05) is 18.0 Å². The van der Waals surface area contributed by atoms with E-state index in [1.165, 1.54) is 12.8 Å². The monoisotopic (exact) mass is 270 g/mol. The van der Waals surface area contributed by atoms with Crippen molar-refractivity contribution >= 4 is 22.6 Å². The summed E-state index contributed by atoms with van der Waals surface area (Å²) in [6.45, 7) is 0.525. The number of amides is 1. The van der Waals surface area contributed by atoms with Gasteiger partial charge < -0.3 is 16.8 Å². The number of hydrogen-bond acceptors (Lipinski definition) is 4. The highest BCUT2D eigenvalue weighted by atomic mass is 16.1. The number of nitrogens with zero attached hydrogens (tertiary/aromatic N) is 1. The van der Waals surface area contributed by atoms with Gasteiger partial charge >= 0.3 is 0 Å². The molecule has 104 valence electrons. The molecule has 0 saturated heterocycles. The SMILES string of the molecule is NCC(Nc1nc2ccccc2cc1C(N)=O)C1CC1. The van der Waals surface area contributed by atoms with Crippen LogP contribution < -0.4 is 16.8 Å². The maximum absolute atomic E-state index is 11.6. The van der Waals surface area contributed by atoms with Crippen molar-refractivity contribution in [1.82, 2.24) is 4.98 Å². The molecule has 0 radical (unpaired) electrons.